The molecule has 2 rings (SSSR count). The maximum atomic E-state index is 4.19. The van der Waals surface area contributed by atoms with E-state index in [0.29, 0.717) is 6.04 Å². The van der Waals surface area contributed by atoms with Crippen LogP contribution in [0.15, 0.2) is 22.9 Å². The van der Waals surface area contributed by atoms with E-state index in [4.69, 9.17) is 0 Å². The lowest BCUT2D eigenvalue weighted by atomic mass is 10.0. The van der Waals surface area contributed by atoms with E-state index in [1.165, 1.54) is 37.7 Å². The van der Waals surface area contributed by atoms with Gasteiger partial charge in [0.15, 0.2) is 0 Å². The van der Waals surface area contributed by atoms with Gasteiger partial charge in [0.1, 0.15) is 0 Å². The summed E-state index contributed by atoms with van der Waals surface area (Å²) in [7, 11) is 0. The zero-order chi connectivity index (χ0) is 12.1. The molecular formula is C14H21BrN2. The molecule has 1 saturated carbocycles. The highest BCUT2D eigenvalue weighted by Gasteiger charge is 2.15. The Morgan fingerprint density at radius 1 is 1.29 bits per heavy atom. The predicted octanol–water partition coefficient (Wildman–Crippen LogP) is 3.90. The quantitative estimate of drug-likeness (QED) is 0.856. The molecular weight excluding hydrogens is 276 g/mol. The molecule has 0 aliphatic heterocycles. The maximum absolute atomic E-state index is 4.19. The number of nitrogens with zero attached hydrogens (tertiary/aromatic N) is 1. The highest BCUT2D eigenvalue weighted by atomic mass is 79.9. The average Bonchev–Trinajstić information content (AvgIpc) is 2.52. The minimum atomic E-state index is 0.693. The van der Waals surface area contributed by atoms with Crippen LogP contribution in [0.4, 0.5) is 0 Å². The van der Waals surface area contributed by atoms with Gasteiger partial charge in [-0.1, -0.05) is 19.8 Å². The number of pyridine rings is 1. The second-order valence-corrected chi connectivity index (χ2v) is 6.12. The molecule has 1 fully saturated rings. The molecule has 1 aromatic heterocycles. The Morgan fingerprint density at radius 3 is 3.00 bits per heavy atom. The summed E-state index contributed by atoms with van der Waals surface area (Å²) in [6.07, 6.45) is 10.6. The second-order valence-electron chi connectivity index (χ2n) is 5.20. The fourth-order valence-electron chi connectivity index (χ4n) is 2.51. The molecule has 0 radical (unpaired) electrons. The number of rotatable bonds is 3. The standard InChI is InChI=1S/C14H21BrN2/c1-11-3-2-4-14(6-5-11)17-9-12-7-13(15)10-16-8-12/h7-8,10-11,14,17H,2-6,9H2,1H3. The molecule has 1 aliphatic rings. The normalized spacial score (nSPS) is 25.5. The van der Waals surface area contributed by atoms with Crippen LogP contribution < -0.4 is 5.32 Å². The first-order valence-electron chi connectivity index (χ1n) is 6.57. The van der Waals surface area contributed by atoms with Crippen LogP contribution in [0.2, 0.25) is 0 Å². The summed E-state index contributed by atoms with van der Waals surface area (Å²) >= 11 is 3.46. The Bertz CT molecular complexity index is 354. The van der Waals surface area contributed by atoms with Crippen LogP contribution in [0.1, 0.15) is 44.6 Å². The van der Waals surface area contributed by atoms with Gasteiger partial charge in [0.05, 0.1) is 0 Å². The third-order valence-corrected chi connectivity index (χ3v) is 4.05. The second kappa shape index (κ2) is 6.50. The molecule has 0 spiro atoms. The molecule has 0 aromatic carbocycles. The van der Waals surface area contributed by atoms with E-state index in [1.54, 1.807) is 0 Å². The van der Waals surface area contributed by atoms with Gasteiger partial charge >= 0.3 is 0 Å². The van der Waals surface area contributed by atoms with Gasteiger partial charge < -0.3 is 5.32 Å². The summed E-state index contributed by atoms with van der Waals surface area (Å²) in [6.45, 7) is 3.31. The predicted molar refractivity (Wildman–Crippen MR) is 74.8 cm³/mol. The van der Waals surface area contributed by atoms with Crippen molar-refractivity contribution in [2.75, 3.05) is 0 Å². The van der Waals surface area contributed by atoms with Crippen molar-refractivity contribution in [1.82, 2.24) is 10.3 Å². The van der Waals surface area contributed by atoms with Crippen LogP contribution in [-0.4, -0.2) is 11.0 Å². The van der Waals surface area contributed by atoms with Crippen LogP contribution in [-0.2, 0) is 6.54 Å². The molecule has 3 heteroatoms. The summed E-state index contributed by atoms with van der Waals surface area (Å²) in [5.74, 6) is 0.911. The van der Waals surface area contributed by atoms with Gasteiger partial charge in [0.25, 0.3) is 0 Å². The van der Waals surface area contributed by atoms with Crippen molar-refractivity contribution >= 4 is 15.9 Å². The highest BCUT2D eigenvalue weighted by molar-refractivity contribution is 9.10. The van der Waals surface area contributed by atoms with Crippen molar-refractivity contribution in [3.63, 3.8) is 0 Å². The van der Waals surface area contributed by atoms with E-state index < -0.39 is 0 Å². The molecule has 0 amide bonds. The number of halogens is 1. The van der Waals surface area contributed by atoms with Crippen LogP contribution in [0, 0.1) is 5.92 Å². The number of nitrogens with one attached hydrogen (secondary N) is 1. The summed E-state index contributed by atoms with van der Waals surface area (Å²) < 4.78 is 1.06. The van der Waals surface area contributed by atoms with Gasteiger partial charge in [0, 0.05) is 29.5 Å². The van der Waals surface area contributed by atoms with Crippen molar-refractivity contribution in [2.24, 2.45) is 5.92 Å². The first kappa shape index (κ1) is 13.0. The molecule has 1 aliphatic carbocycles. The lowest BCUT2D eigenvalue weighted by Gasteiger charge is -2.16. The average molecular weight is 297 g/mol. The fourth-order valence-corrected chi connectivity index (χ4v) is 2.92. The topological polar surface area (TPSA) is 24.9 Å². The van der Waals surface area contributed by atoms with Crippen molar-refractivity contribution in [3.8, 4) is 0 Å². The lowest BCUT2D eigenvalue weighted by molar-refractivity contribution is 0.447. The summed E-state index contributed by atoms with van der Waals surface area (Å²) in [4.78, 5) is 4.19. The van der Waals surface area contributed by atoms with E-state index >= 15 is 0 Å². The molecule has 2 atom stereocenters. The molecule has 1 aromatic rings. The third kappa shape index (κ3) is 4.40. The summed E-state index contributed by atoms with van der Waals surface area (Å²) in [5, 5.41) is 3.66. The van der Waals surface area contributed by atoms with E-state index in [1.807, 2.05) is 12.4 Å². The first-order chi connectivity index (χ1) is 8.24. The number of aromatic nitrogens is 1. The highest BCUT2D eigenvalue weighted by Crippen LogP contribution is 2.22. The van der Waals surface area contributed by atoms with Crippen LogP contribution in [0.25, 0.3) is 0 Å². The van der Waals surface area contributed by atoms with Crippen LogP contribution >= 0.6 is 15.9 Å². The molecule has 2 unspecified atom stereocenters. The van der Waals surface area contributed by atoms with Crippen LogP contribution in [0.5, 0.6) is 0 Å². The third-order valence-electron chi connectivity index (χ3n) is 3.61. The SMILES string of the molecule is CC1CCCC(NCc2cncc(Br)c2)CC1. The first-order valence-corrected chi connectivity index (χ1v) is 7.36. The van der Waals surface area contributed by atoms with Crippen molar-refractivity contribution in [1.29, 1.82) is 0 Å². The molecule has 1 N–H and O–H groups in total. The van der Waals surface area contributed by atoms with Gasteiger partial charge in [-0.15, -0.1) is 0 Å². The van der Waals surface area contributed by atoms with Gasteiger partial charge in [-0.3, -0.25) is 4.98 Å². The van der Waals surface area contributed by atoms with E-state index in [0.717, 1.165) is 16.9 Å². The van der Waals surface area contributed by atoms with Crippen molar-refractivity contribution < 1.29 is 0 Å². The lowest BCUT2D eigenvalue weighted by Crippen LogP contribution is -2.28. The van der Waals surface area contributed by atoms with Crippen LogP contribution in [0.3, 0.4) is 0 Å². The summed E-state index contributed by atoms with van der Waals surface area (Å²) in [6, 6.07) is 2.83. The molecule has 0 bridgehead atoms. The zero-order valence-electron chi connectivity index (χ0n) is 10.5. The van der Waals surface area contributed by atoms with Gasteiger partial charge in [-0.25, -0.2) is 0 Å². The molecule has 1 heterocycles. The Kier molecular flexibility index (Phi) is 4.99. The monoisotopic (exact) mass is 296 g/mol. The molecule has 94 valence electrons. The Balaban J connectivity index is 1.81. The number of hydrogen-bond donors (Lipinski definition) is 1. The minimum Gasteiger partial charge on any atom is -0.310 e. The molecule has 2 nitrogen and oxygen atoms in total. The van der Waals surface area contributed by atoms with Gasteiger partial charge in [-0.05, 0) is 52.7 Å². The van der Waals surface area contributed by atoms with Gasteiger partial charge in [-0.2, -0.15) is 0 Å². The molecule has 17 heavy (non-hydrogen) atoms. The Morgan fingerprint density at radius 2 is 2.18 bits per heavy atom. The largest absolute Gasteiger partial charge is 0.310 e. The molecule has 0 saturated heterocycles. The van der Waals surface area contributed by atoms with Crippen molar-refractivity contribution in [2.45, 2.75) is 51.6 Å². The maximum Gasteiger partial charge on any atom is 0.0410 e. The fraction of sp³-hybridized carbons (Fsp3) is 0.643. The van der Waals surface area contributed by atoms with Crippen molar-refractivity contribution in [3.05, 3.63) is 28.5 Å². The Hall–Kier alpha value is -0.410. The van der Waals surface area contributed by atoms with Gasteiger partial charge in [0.2, 0.25) is 0 Å². The smallest absolute Gasteiger partial charge is 0.0410 e. The van der Waals surface area contributed by atoms with E-state index in [9.17, 15) is 0 Å². The Labute approximate surface area is 112 Å². The number of hydrogen-bond acceptors (Lipinski definition) is 2. The van der Waals surface area contributed by atoms with E-state index in [-0.39, 0.29) is 0 Å². The zero-order valence-corrected chi connectivity index (χ0v) is 12.0. The van der Waals surface area contributed by atoms with E-state index in [2.05, 4.69) is 39.2 Å². The summed E-state index contributed by atoms with van der Waals surface area (Å²) in [5.41, 5.74) is 1.26. The minimum absolute atomic E-state index is 0.693.